The molecule has 120 valence electrons. The Morgan fingerprint density at radius 1 is 1.05 bits per heavy atom. The van der Waals surface area contributed by atoms with Gasteiger partial charge in [0, 0.05) is 18.8 Å². The summed E-state index contributed by atoms with van der Waals surface area (Å²) in [6, 6.07) is 4.02. The summed E-state index contributed by atoms with van der Waals surface area (Å²) >= 11 is 0. The van der Waals surface area contributed by atoms with Crippen molar-refractivity contribution in [1.29, 1.82) is 0 Å². The molecular formula is C18H26N2O2. The van der Waals surface area contributed by atoms with Crippen molar-refractivity contribution in [2.45, 2.75) is 41.0 Å². The highest BCUT2D eigenvalue weighted by atomic mass is 16.2. The first kappa shape index (κ1) is 16.5. The number of nitrogens with one attached hydrogen (secondary N) is 1. The molecule has 22 heavy (non-hydrogen) atoms. The first-order chi connectivity index (χ1) is 10.3. The number of nitrogens with zero attached hydrogens (tertiary/aromatic N) is 1. The van der Waals surface area contributed by atoms with E-state index in [1.165, 1.54) is 0 Å². The molecule has 0 aliphatic carbocycles. The number of hydrogen-bond donors (Lipinski definition) is 1. The second-order valence-corrected chi connectivity index (χ2v) is 6.88. The number of rotatable bonds is 1. The van der Waals surface area contributed by atoms with Crippen LogP contribution >= 0.6 is 0 Å². The van der Waals surface area contributed by atoms with Crippen LogP contribution in [0.3, 0.4) is 0 Å². The fraction of sp³-hybridized carbons (Fsp3) is 0.556. The quantitative estimate of drug-likeness (QED) is 0.811. The van der Waals surface area contributed by atoms with Crippen LogP contribution in [-0.4, -0.2) is 29.8 Å². The van der Waals surface area contributed by atoms with Crippen molar-refractivity contribution in [3.05, 3.63) is 28.8 Å². The Hall–Kier alpha value is -1.84. The number of carbonyl (C=O) groups excluding carboxylic acids is 2. The van der Waals surface area contributed by atoms with Crippen LogP contribution in [-0.2, 0) is 9.59 Å². The van der Waals surface area contributed by atoms with Gasteiger partial charge in [0.25, 0.3) is 0 Å². The van der Waals surface area contributed by atoms with Crippen LogP contribution in [0.1, 0.15) is 37.0 Å². The van der Waals surface area contributed by atoms with Crippen LogP contribution in [0.15, 0.2) is 12.1 Å². The number of likely N-dealkylation sites (tertiary alicyclic amines) is 1. The molecular weight excluding hydrogens is 276 g/mol. The summed E-state index contributed by atoms with van der Waals surface area (Å²) in [5.41, 5.74) is 3.87. The van der Waals surface area contributed by atoms with Crippen LogP contribution in [0.5, 0.6) is 0 Å². The van der Waals surface area contributed by atoms with Gasteiger partial charge in [-0.05, 0) is 50.2 Å². The van der Waals surface area contributed by atoms with Gasteiger partial charge in [-0.3, -0.25) is 9.59 Å². The maximum absolute atomic E-state index is 12.4. The van der Waals surface area contributed by atoms with Gasteiger partial charge in [0.2, 0.25) is 0 Å². The lowest BCUT2D eigenvalue weighted by atomic mass is 9.92. The standard InChI is InChI=1S/C18H26N2O2/c1-11-7-14(4)16(15(5)8-11)19-17(21)18(22)20-9-12(2)6-13(3)10-20/h7-8,12-13H,6,9-10H2,1-5H3,(H,19,21). The van der Waals surface area contributed by atoms with Crippen molar-refractivity contribution in [3.8, 4) is 0 Å². The van der Waals surface area contributed by atoms with Gasteiger partial charge >= 0.3 is 11.8 Å². The molecule has 0 radical (unpaired) electrons. The average molecular weight is 302 g/mol. The molecule has 1 aromatic rings. The predicted octanol–water partition coefficient (Wildman–Crippen LogP) is 3.05. The van der Waals surface area contributed by atoms with Crippen molar-refractivity contribution < 1.29 is 9.59 Å². The van der Waals surface area contributed by atoms with Crippen LogP contribution < -0.4 is 5.32 Å². The third-order valence-electron chi connectivity index (χ3n) is 4.27. The van der Waals surface area contributed by atoms with Gasteiger partial charge in [0.15, 0.2) is 0 Å². The number of benzene rings is 1. The maximum Gasteiger partial charge on any atom is 0.313 e. The molecule has 2 amide bonds. The Labute approximate surface area is 132 Å². The van der Waals surface area contributed by atoms with Gasteiger partial charge in [-0.1, -0.05) is 31.5 Å². The number of piperidine rings is 1. The minimum absolute atomic E-state index is 0.419. The zero-order valence-electron chi connectivity index (χ0n) is 14.2. The lowest BCUT2D eigenvalue weighted by Crippen LogP contribution is -2.47. The van der Waals surface area contributed by atoms with Crippen molar-refractivity contribution >= 4 is 17.5 Å². The molecule has 4 heteroatoms. The molecule has 2 unspecified atom stereocenters. The van der Waals surface area contributed by atoms with Gasteiger partial charge < -0.3 is 10.2 Å². The van der Waals surface area contributed by atoms with Crippen molar-refractivity contribution in [2.75, 3.05) is 18.4 Å². The topological polar surface area (TPSA) is 49.4 Å². The average Bonchev–Trinajstić information content (AvgIpc) is 2.40. The predicted molar refractivity (Wildman–Crippen MR) is 88.8 cm³/mol. The number of carbonyl (C=O) groups is 2. The van der Waals surface area contributed by atoms with Crippen LogP contribution in [0.4, 0.5) is 5.69 Å². The molecule has 0 spiro atoms. The Morgan fingerprint density at radius 3 is 2.05 bits per heavy atom. The van der Waals surface area contributed by atoms with E-state index in [9.17, 15) is 9.59 Å². The fourth-order valence-electron chi connectivity index (χ4n) is 3.52. The molecule has 1 aliphatic heterocycles. The molecule has 1 saturated heterocycles. The van der Waals surface area contributed by atoms with E-state index in [2.05, 4.69) is 19.2 Å². The van der Waals surface area contributed by atoms with Gasteiger partial charge in [-0.25, -0.2) is 0 Å². The highest BCUT2D eigenvalue weighted by Gasteiger charge is 2.29. The molecule has 0 aromatic heterocycles. The van der Waals surface area contributed by atoms with Gasteiger partial charge in [0.1, 0.15) is 0 Å². The normalized spacial score (nSPS) is 21.6. The third-order valence-corrected chi connectivity index (χ3v) is 4.27. The lowest BCUT2D eigenvalue weighted by Gasteiger charge is -2.34. The molecule has 1 fully saturated rings. The molecule has 1 heterocycles. The molecule has 1 aromatic carbocycles. The highest BCUT2D eigenvalue weighted by molar-refractivity contribution is 6.39. The summed E-state index contributed by atoms with van der Waals surface area (Å²) in [7, 11) is 0. The number of hydrogen-bond acceptors (Lipinski definition) is 2. The Kier molecular flexibility index (Phi) is 4.89. The van der Waals surface area contributed by atoms with Crippen LogP contribution in [0.25, 0.3) is 0 Å². The van der Waals surface area contributed by atoms with Crippen LogP contribution in [0.2, 0.25) is 0 Å². The second kappa shape index (κ2) is 6.51. The van der Waals surface area contributed by atoms with Crippen molar-refractivity contribution in [2.24, 2.45) is 11.8 Å². The van der Waals surface area contributed by atoms with E-state index in [0.717, 1.165) is 28.8 Å². The smallest absolute Gasteiger partial charge is 0.313 e. The van der Waals surface area contributed by atoms with E-state index in [1.807, 2.05) is 32.9 Å². The van der Waals surface area contributed by atoms with E-state index in [4.69, 9.17) is 0 Å². The summed E-state index contributed by atoms with van der Waals surface area (Å²) in [5.74, 6) is -0.0548. The lowest BCUT2D eigenvalue weighted by molar-refractivity contribution is -0.144. The SMILES string of the molecule is Cc1cc(C)c(NC(=O)C(=O)N2CC(C)CC(C)C2)c(C)c1. The molecule has 2 rings (SSSR count). The van der Waals surface area contributed by atoms with E-state index >= 15 is 0 Å². The summed E-state index contributed by atoms with van der Waals surface area (Å²) in [5, 5.41) is 2.80. The molecule has 4 nitrogen and oxygen atoms in total. The van der Waals surface area contributed by atoms with E-state index in [1.54, 1.807) is 4.90 Å². The van der Waals surface area contributed by atoms with E-state index in [-0.39, 0.29) is 0 Å². The largest absolute Gasteiger partial charge is 0.334 e. The minimum atomic E-state index is -0.531. The molecule has 0 saturated carbocycles. The van der Waals surface area contributed by atoms with Gasteiger partial charge in [-0.15, -0.1) is 0 Å². The monoisotopic (exact) mass is 302 g/mol. The molecule has 1 N–H and O–H groups in total. The van der Waals surface area contributed by atoms with E-state index < -0.39 is 11.8 Å². The molecule has 0 bridgehead atoms. The Balaban J connectivity index is 2.11. The van der Waals surface area contributed by atoms with Crippen LogP contribution in [0, 0.1) is 32.6 Å². The molecule has 1 aliphatic rings. The van der Waals surface area contributed by atoms with E-state index in [0.29, 0.717) is 24.9 Å². The number of anilines is 1. The first-order valence-electron chi connectivity index (χ1n) is 7.96. The first-order valence-corrected chi connectivity index (χ1v) is 7.96. The third kappa shape index (κ3) is 3.67. The maximum atomic E-state index is 12.4. The summed E-state index contributed by atoms with van der Waals surface area (Å²) < 4.78 is 0. The Bertz CT molecular complexity index is 562. The summed E-state index contributed by atoms with van der Waals surface area (Å²) in [6.45, 7) is 11.5. The van der Waals surface area contributed by atoms with Crippen molar-refractivity contribution in [3.63, 3.8) is 0 Å². The minimum Gasteiger partial charge on any atom is -0.334 e. The van der Waals surface area contributed by atoms with Crippen molar-refractivity contribution in [1.82, 2.24) is 4.90 Å². The van der Waals surface area contributed by atoms with Gasteiger partial charge in [-0.2, -0.15) is 0 Å². The zero-order valence-corrected chi connectivity index (χ0v) is 14.2. The summed E-state index contributed by atoms with van der Waals surface area (Å²) in [4.78, 5) is 26.4. The molecule has 2 atom stereocenters. The zero-order chi connectivity index (χ0) is 16.4. The highest BCUT2D eigenvalue weighted by Crippen LogP contribution is 2.23. The second-order valence-electron chi connectivity index (χ2n) is 6.88. The Morgan fingerprint density at radius 2 is 1.55 bits per heavy atom. The van der Waals surface area contributed by atoms with Gasteiger partial charge in [0.05, 0.1) is 0 Å². The number of aryl methyl sites for hydroxylation is 3. The summed E-state index contributed by atoms with van der Waals surface area (Å²) in [6.07, 6.45) is 1.11. The fourth-order valence-corrected chi connectivity index (χ4v) is 3.52. The number of amides is 2.